The van der Waals surface area contributed by atoms with Crippen molar-refractivity contribution in [1.82, 2.24) is 5.32 Å². The normalized spacial score (nSPS) is 22.0. The van der Waals surface area contributed by atoms with Gasteiger partial charge in [0.2, 0.25) is 5.91 Å². The minimum absolute atomic E-state index is 0.0453. The number of rotatable bonds is 7. The second kappa shape index (κ2) is 8.80. The van der Waals surface area contributed by atoms with Gasteiger partial charge in [0.15, 0.2) is 0 Å². The molecular weight excluding hydrogens is 266 g/mol. The summed E-state index contributed by atoms with van der Waals surface area (Å²) in [4.78, 5) is 11.7. The van der Waals surface area contributed by atoms with Crippen molar-refractivity contribution in [2.45, 2.75) is 50.7 Å². The lowest BCUT2D eigenvalue weighted by atomic mass is 9.93. The molecule has 4 heteroatoms. The molecule has 0 atom stereocenters. The summed E-state index contributed by atoms with van der Waals surface area (Å²) in [5, 5.41) is 12.4. The Morgan fingerprint density at radius 3 is 2.62 bits per heavy atom. The lowest BCUT2D eigenvalue weighted by Gasteiger charge is -2.26. The third-order valence-corrected chi connectivity index (χ3v) is 3.89. The first kappa shape index (κ1) is 16.0. The fraction of sp³-hybridized carbons (Fsp3) is 0.588. The van der Waals surface area contributed by atoms with E-state index in [-0.39, 0.29) is 24.7 Å². The van der Waals surface area contributed by atoms with Crippen LogP contribution in [-0.4, -0.2) is 36.4 Å². The number of hydrogen-bond acceptors (Lipinski definition) is 3. The van der Waals surface area contributed by atoms with E-state index in [4.69, 9.17) is 4.74 Å². The van der Waals surface area contributed by atoms with E-state index >= 15 is 0 Å². The predicted octanol–water partition coefficient (Wildman–Crippen LogP) is 2.06. The van der Waals surface area contributed by atoms with Gasteiger partial charge in [0.25, 0.3) is 0 Å². The molecule has 1 aromatic rings. The number of carbonyl (C=O) groups is 1. The van der Waals surface area contributed by atoms with Crippen molar-refractivity contribution in [3.05, 3.63) is 35.9 Å². The largest absolute Gasteiger partial charge is 0.393 e. The molecule has 2 N–H and O–H groups in total. The van der Waals surface area contributed by atoms with Crippen LogP contribution in [0.2, 0.25) is 0 Å². The number of ether oxygens (including phenoxy) is 1. The first-order valence-electron chi connectivity index (χ1n) is 7.83. The Bertz CT molecular complexity index is 413. The van der Waals surface area contributed by atoms with Gasteiger partial charge >= 0.3 is 0 Å². The Balaban J connectivity index is 1.51. The number of hydrogen-bond donors (Lipinski definition) is 2. The average Bonchev–Trinajstić information content (AvgIpc) is 2.50. The monoisotopic (exact) mass is 291 g/mol. The molecule has 2 rings (SSSR count). The molecule has 1 amide bonds. The molecule has 4 nitrogen and oxygen atoms in total. The van der Waals surface area contributed by atoms with E-state index in [2.05, 4.69) is 17.4 Å². The SMILES string of the molecule is O=C(COCCCc1ccccc1)N[C@H]1CC[C@H](O)CC1. The highest BCUT2D eigenvalue weighted by Gasteiger charge is 2.20. The lowest BCUT2D eigenvalue weighted by Crippen LogP contribution is -2.40. The maximum absolute atomic E-state index is 11.7. The van der Waals surface area contributed by atoms with E-state index < -0.39 is 0 Å². The van der Waals surface area contributed by atoms with E-state index in [1.807, 2.05) is 18.2 Å². The Labute approximate surface area is 126 Å². The maximum Gasteiger partial charge on any atom is 0.246 e. The van der Waals surface area contributed by atoms with Gasteiger partial charge in [-0.25, -0.2) is 0 Å². The van der Waals surface area contributed by atoms with Crippen LogP contribution in [0.1, 0.15) is 37.7 Å². The van der Waals surface area contributed by atoms with Crippen molar-refractivity contribution in [3.63, 3.8) is 0 Å². The lowest BCUT2D eigenvalue weighted by molar-refractivity contribution is -0.126. The molecule has 0 bridgehead atoms. The zero-order chi connectivity index (χ0) is 14.9. The molecule has 0 unspecified atom stereocenters. The highest BCUT2D eigenvalue weighted by atomic mass is 16.5. The van der Waals surface area contributed by atoms with Crippen molar-refractivity contribution in [1.29, 1.82) is 0 Å². The second-order valence-electron chi connectivity index (χ2n) is 5.71. The molecule has 0 spiro atoms. The predicted molar refractivity (Wildman–Crippen MR) is 82.0 cm³/mol. The van der Waals surface area contributed by atoms with E-state index in [9.17, 15) is 9.90 Å². The van der Waals surface area contributed by atoms with Crippen molar-refractivity contribution in [3.8, 4) is 0 Å². The topological polar surface area (TPSA) is 58.6 Å². The third kappa shape index (κ3) is 6.27. The van der Waals surface area contributed by atoms with Crippen molar-refractivity contribution in [2.24, 2.45) is 0 Å². The number of nitrogens with one attached hydrogen (secondary N) is 1. The van der Waals surface area contributed by atoms with Crippen LogP contribution in [0.15, 0.2) is 30.3 Å². The van der Waals surface area contributed by atoms with Gasteiger partial charge in [-0.2, -0.15) is 0 Å². The molecule has 1 aliphatic rings. The molecule has 0 saturated heterocycles. The summed E-state index contributed by atoms with van der Waals surface area (Å²) >= 11 is 0. The number of amides is 1. The zero-order valence-corrected chi connectivity index (χ0v) is 12.5. The molecule has 0 radical (unpaired) electrons. The molecule has 0 heterocycles. The summed E-state index contributed by atoms with van der Waals surface area (Å²) < 4.78 is 5.42. The average molecular weight is 291 g/mol. The zero-order valence-electron chi connectivity index (χ0n) is 12.5. The summed E-state index contributed by atoms with van der Waals surface area (Å²) in [6.45, 7) is 0.736. The summed E-state index contributed by atoms with van der Waals surface area (Å²) in [6, 6.07) is 10.5. The van der Waals surface area contributed by atoms with Gasteiger partial charge < -0.3 is 15.2 Å². The van der Waals surface area contributed by atoms with Crippen LogP contribution in [0.5, 0.6) is 0 Å². The first-order chi connectivity index (χ1) is 10.2. The van der Waals surface area contributed by atoms with Crippen LogP contribution < -0.4 is 5.32 Å². The van der Waals surface area contributed by atoms with E-state index in [1.165, 1.54) is 5.56 Å². The molecule has 1 aliphatic carbocycles. The Morgan fingerprint density at radius 1 is 1.19 bits per heavy atom. The van der Waals surface area contributed by atoms with Crippen molar-refractivity contribution >= 4 is 5.91 Å². The number of benzene rings is 1. The van der Waals surface area contributed by atoms with E-state index in [1.54, 1.807) is 0 Å². The number of aliphatic hydroxyl groups excluding tert-OH is 1. The van der Waals surface area contributed by atoms with Crippen LogP contribution in [0, 0.1) is 0 Å². The van der Waals surface area contributed by atoms with Gasteiger partial charge in [-0.15, -0.1) is 0 Å². The highest BCUT2D eigenvalue weighted by molar-refractivity contribution is 5.77. The Hall–Kier alpha value is -1.39. The first-order valence-corrected chi connectivity index (χ1v) is 7.83. The smallest absolute Gasteiger partial charge is 0.246 e. The maximum atomic E-state index is 11.7. The van der Waals surface area contributed by atoms with Gasteiger partial charge in [-0.05, 0) is 44.1 Å². The van der Waals surface area contributed by atoms with Crippen molar-refractivity contribution < 1.29 is 14.6 Å². The van der Waals surface area contributed by atoms with Crippen LogP contribution in [0.3, 0.4) is 0 Å². The third-order valence-electron chi connectivity index (χ3n) is 3.89. The highest BCUT2D eigenvalue weighted by Crippen LogP contribution is 2.18. The van der Waals surface area contributed by atoms with Crippen LogP contribution in [0.25, 0.3) is 0 Å². The minimum Gasteiger partial charge on any atom is -0.393 e. The fourth-order valence-electron chi connectivity index (χ4n) is 2.68. The molecule has 0 aliphatic heterocycles. The minimum atomic E-state index is -0.188. The van der Waals surface area contributed by atoms with Gasteiger partial charge in [-0.1, -0.05) is 30.3 Å². The quantitative estimate of drug-likeness (QED) is 0.756. The molecule has 0 aromatic heterocycles. The second-order valence-corrected chi connectivity index (χ2v) is 5.71. The Kier molecular flexibility index (Phi) is 6.70. The van der Waals surface area contributed by atoms with Gasteiger partial charge in [0.1, 0.15) is 6.61 Å². The summed E-state index contributed by atoms with van der Waals surface area (Å²) in [6.07, 6.45) is 5.00. The number of carbonyl (C=O) groups excluding carboxylic acids is 1. The van der Waals surface area contributed by atoms with Crippen molar-refractivity contribution in [2.75, 3.05) is 13.2 Å². The number of aliphatic hydroxyl groups is 1. The summed E-state index contributed by atoms with van der Waals surface area (Å²) in [7, 11) is 0. The van der Waals surface area contributed by atoms with Crippen LogP contribution in [-0.2, 0) is 16.0 Å². The fourth-order valence-corrected chi connectivity index (χ4v) is 2.68. The van der Waals surface area contributed by atoms with Gasteiger partial charge in [0.05, 0.1) is 6.10 Å². The molecule has 21 heavy (non-hydrogen) atoms. The van der Waals surface area contributed by atoms with Gasteiger partial charge in [-0.3, -0.25) is 4.79 Å². The van der Waals surface area contributed by atoms with Gasteiger partial charge in [0, 0.05) is 12.6 Å². The van der Waals surface area contributed by atoms with Crippen LogP contribution in [0.4, 0.5) is 0 Å². The number of aryl methyl sites for hydroxylation is 1. The molecule has 1 aromatic carbocycles. The molecule has 1 saturated carbocycles. The standard InChI is InChI=1S/C17H25NO3/c19-16-10-8-15(9-11-16)18-17(20)13-21-12-4-7-14-5-2-1-3-6-14/h1-3,5-6,15-16,19H,4,7-13H2,(H,18,20)/t15-,16-. The Morgan fingerprint density at radius 2 is 1.90 bits per heavy atom. The summed E-state index contributed by atoms with van der Waals surface area (Å²) in [5.41, 5.74) is 1.30. The molecular formula is C17H25NO3. The molecule has 116 valence electrons. The molecule has 1 fully saturated rings. The summed E-state index contributed by atoms with van der Waals surface area (Å²) in [5.74, 6) is -0.0453. The van der Waals surface area contributed by atoms with E-state index in [0.29, 0.717) is 6.61 Å². The van der Waals surface area contributed by atoms with E-state index in [0.717, 1.165) is 38.5 Å². The van der Waals surface area contributed by atoms with Crippen LogP contribution >= 0.6 is 0 Å².